The number of ether oxygens (including phenoxy) is 3. The minimum Gasteiger partial charge on any atom is -0.508 e. The number of aliphatic hydroxyl groups is 1. The fourth-order valence-electron chi connectivity index (χ4n) is 3.35. The van der Waals surface area contributed by atoms with Gasteiger partial charge in [-0.3, -0.25) is 0 Å². The van der Waals surface area contributed by atoms with Crippen molar-refractivity contribution in [3.63, 3.8) is 0 Å². The Kier molecular flexibility index (Phi) is 5.13. The molecule has 2 aromatic rings. The average molecular weight is 346 g/mol. The molecule has 1 fully saturated rings. The van der Waals surface area contributed by atoms with E-state index in [-0.39, 0.29) is 24.0 Å². The predicted molar refractivity (Wildman–Crippen MR) is 91.0 cm³/mol. The van der Waals surface area contributed by atoms with Crippen LogP contribution in [0.2, 0.25) is 0 Å². The predicted octanol–water partition coefficient (Wildman–Crippen LogP) is 2.34. The Morgan fingerprint density at radius 3 is 2.44 bits per heavy atom. The lowest BCUT2D eigenvalue weighted by molar-refractivity contribution is -0.0346. The summed E-state index contributed by atoms with van der Waals surface area (Å²) in [6.45, 7) is 0.200. The van der Waals surface area contributed by atoms with Crippen molar-refractivity contribution in [3.05, 3.63) is 53.6 Å². The van der Waals surface area contributed by atoms with Crippen LogP contribution in [0.1, 0.15) is 23.1 Å². The van der Waals surface area contributed by atoms with Gasteiger partial charge in [-0.05, 0) is 35.4 Å². The summed E-state index contributed by atoms with van der Waals surface area (Å²) in [6, 6.07) is 11.7. The van der Waals surface area contributed by atoms with Crippen molar-refractivity contribution in [2.45, 2.75) is 24.2 Å². The van der Waals surface area contributed by atoms with Gasteiger partial charge in [-0.2, -0.15) is 0 Å². The Morgan fingerprint density at radius 2 is 1.80 bits per heavy atom. The average Bonchev–Trinajstić information content (AvgIpc) is 2.99. The molecule has 134 valence electrons. The van der Waals surface area contributed by atoms with E-state index in [0.29, 0.717) is 5.75 Å². The maximum atomic E-state index is 10.4. The van der Waals surface area contributed by atoms with Gasteiger partial charge in [-0.25, -0.2) is 0 Å². The second-order valence-electron chi connectivity index (χ2n) is 6.07. The van der Waals surface area contributed by atoms with Gasteiger partial charge in [0.1, 0.15) is 11.9 Å². The first-order valence-electron chi connectivity index (χ1n) is 8.03. The molecule has 0 radical (unpaired) electrons. The molecular formula is C19H22O6. The zero-order chi connectivity index (χ0) is 18.0. The van der Waals surface area contributed by atoms with E-state index in [1.165, 1.54) is 7.11 Å². The van der Waals surface area contributed by atoms with Crippen LogP contribution >= 0.6 is 0 Å². The second kappa shape index (κ2) is 7.31. The summed E-state index contributed by atoms with van der Waals surface area (Å²) in [7, 11) is 3.06. The summed E-state index contributed by atoms with van der Waals surface area (Å²) in [5.41, 5.74) is 1.64. The number of methoxy groups -OCH3 is 2. The SMILES string of the molecule is COc1cc([C@H](OC)[C@@H]2OC[C@@H](O)[C@H]2c2ccc(O)cc2)ccc1O. The third-order valence-electron chi connectivity index (χ3n) is 4.59. The number of phenolic OH excluding ortho intramolecular Hbond substituents is 2. The Labute approximate surface area is 146 Å². The number of phenols is 2. The maximum Gasteiger partial charge on any atom is 0.160 e. The highest BCUT2D eigenvalue weighted by atomic mass is 16.5. The van der Waals surface area contributed by atoms with Crippen LogP contribution in [0.15, 0.2) is 42.5 Å². The molecule has 4 atom stereocenters. The van der Waals surface area contributed by atoms with Crippen LogP contribution in [-0.4, -0.2) is 48.4 Å². The zero-order valence-corrected chi connectivity index (χ0v) is 14.1. The lowest BCUT2D eigenvalue weighted by atomic mass is 9.86. The Bertz CT molecular complexity index is 714. The summed E-state index contributed by atoms with van der Waals surface area (Å²) >= 11 is 0. The van der Waals surface area contributed by atoms with Gasteiger partial charge in [-0.15, -0.1) is 0 Å². The van der Waals surface area contributed by atoms with Crippen molar-refractivity contribution < 1.29 is 29.5 Å². The van der Waals surface area contributed by atoms with Crippen molar-refractivity contribution in [3.8, 4) is 17.2 Å². The zero-order valence-electron chi connectivity index (χ0n) is 14.1. The summed E-state index contributed by atoms with van der Waals surface area (Å²) < 4.78 is 16.7. The lowest BCUT2D eigenvalue weighted by Gasteiger charge is -2.28. The summed E-state index contributed by atoms with van der Waals surface area (Å²) in [6.07, 6.45) is -1.55. The maximum absolute atomic E-state index is 10.4. The third-order valence-corrected chi connectivity index (χ3v) is 4.59. The van der Waals surface area contributed by atoms with Gasteiger partial charge in [0, 0.05) is 13.0 Å². The summed E-state index contributed by atoms with van der Waals surface area (Å²) in [4.78, 5) is 0. The van der Waals surface area contributed by atoms with Crippen molar-refractivity contribution in [1.29, 1.82) is 0 Å². The molecule has 0 unspecified atom stereocenters. The van der Waals surface area contributed by atoms with Gasteiger partial charge >= 0.3 is 0 Å². The van der Waals surface area contributed by atoms with Crippen LogP contribution in [0, 0.1) is 0 Å². The first kappa shape index (κ1) is 17.5. The molecule has 0 bridgehead atoms. The van der Waals surface area contributed by atoms with Crippen LogP contribution in [-0.2, 0) is 9.47 Å². The fraction of sp³-hybridized carbons (Fsp3) is 0.368. The highest BCUT2D eigenvalue weighted by Crippen LogP contribution is 2.41. The standard InChI is InChI=1S/C19H22O6/c1-23-16-9-12(5-8-14(16)21)18(24-2)19-17(15(22)10-25-19)11-3-6-13(20)7-4-11/h3-9,15,17-22H,10H2,1-2H3/t15-,17-,18+,19-/m1/s1. The summed E-state index contributed by atoms with van der Waals surface area (Å²) in [5.74, 6) is 0.258. The Balaban J connectivity index is 1.94. The molecule has 0 aromatic heterocycles. The van der Waals surface area contributed by atoms with E-state index in [1.807, 2.05) is 0 Å². The van der Waals surface area contributed by atoms with E-state index < -0.39 is 18.3 Å². The number of rotatable bonds is 5. The van der Waals surface area contributed by atoms with Gasteiger partial charge in [0.05, 0.1) is 25.9 Å². The fourth-order valence-corrected chi connectivity index (χ4v) is 3.35. The molecule has 0 saturated carbocycles. The minimum atomic E-state index is -0.675. The molecule has 3 rings (SSSR count). The quantitative estimate of drug-likeness (QED) is 0.770. The van der Waals surface area contributed by atoms with Crippen molar-refractivity contribution in [2.75, 3.05) is 20.8 Å². The number of aromatic hydroxyl groups is 2. The first-order chi connectivity index (χ1) is 12.0. The van der Waals surface area contributed by atoms with Gasteiger partial charge < -0.3 is 29.5 Å². The topological polar surface area (TPSA) is 88.4 Å². The van der Waals surface area contributed by atoms with Gasteiger partial charge in [0.15, 0.2) is 11.5 Å². The number of hydrogen-bond donors (Lipinski definition) is 3. The first-order valence-corrected chi connectivity index (χ1v) is 8.03. The normalized spacial score (nSPS) is 24.2. The van der Waals surface area contributed by atoms with Crippen molar-refractivity contribution >= 4 is 0 Å². The molecule has 0 aliphatic carbocycles. The van der Waals surface area contributed by atoms with Crippen molar-refractivity contribution in [2.24, 2.45) is 0 Å². The van der Waals surface area contributed by atoms with Gasteiger partial charge in [0.2, 0.25) is 0 Å². The Morgan fingerprint density at radius 1 is 1.08 bits per heavy atom. The van der Waals surface area contributed by atoms with E-state index in [9.17, 15) is 15.3 Å². The molecule has 6 heteroatoms. The van der Waals surface area contributed by atoms with E-state index in [0.717, 1.165) is 11.1 Å². The van der Waals surface area contributed by atoms with Crippen LogP contribution in [0.3, 0.4) is 0 Å². The van der Waals surface area contributed by atoms with E-state index in [4.69, 9.17) is 14.2 Å². The molecule has 2 aromatic carbocycles. The van der Waals surface area contributed by atoms with Crippen LogP contribution in [0.4, 0.5) is 0 Å². The molecule has 0 amide bonds. The number of aliphatic hydroxyl groups excluding tert-OH is 1. The Hall–Kier alpha value is -2.28. The van der Waals surface area contributed by atoms with Crippen LogP contribution in [0.25, 0.3) is 0 Å². The molecule has 1 heterocycles. The number of benzene rings is 2. The summed E-state index contributed by atoms with van der Waals surface area (Å²) in [5, 5.41) is 29.7. The highest BCUT2D eigenvalue weighted by molar-refractivity contribution is 5.43. The van der Waals surface area contributed by atoms with Gasteiger partial charge in [0.25, 0.3) is 0 Å². The molecular weight excluding hydrogens is 324 g/mol. The third kappa shape index (κ3) is 3.42. The van der Waals surface area contributed by atoms with Crippen LogP contribution < -0.4 is 4.74 Å². The van der Waals surface area contributed by atoms with Crippen molar-refractivity contribution in [1.82, 2.24) is 0 Å². The van der Waals surface area contributed by atoms with Crippen LogP contribution in [0.5, 0.6) is 17.2 Å². The monoisotopic (exact) mass is 346 g/mol. The number of hydrogen-bond acceptors (Lipinski definition) is 6. The van der Waals surface area contributed by atoms with Gasteiger partial charge in [-0.1, -0.05) is 18.2 Å². The molecule has 0 spiro atoms. The molecule has 25 heavy (non-hydrogen) atoms. The highest BCUT2D eigenvalue weighted by Gasteiger charge is 2.42. The molecule has 1 saturated heterocycles. The molecule has 3 N–H and O–H groups in total. The molecule has 1 aliphatic heterocycles. The van der Waals surface area contributed by atoms with E-state index in [2.05, 4.69) is 0 Å². The lowest BCUT2D eigenvalue weighted by Crippen LogP contribution is -2.28. The minimum absolute atomic E-state index is 0.0450. The smallest absolute Gasteiger partial charge is 0.160 e. The van der Waals surface area contributed by atoms with E-state index in [1.54, 1.807) is 49.6 Å². The molecule has 1 aliphatic rings. The van der Waals surface area contributed by atoms with E-state index >= 15 is 0 Å². The largest absolute Gasteiger partial charge is 0.508 e. The second-order valence-corrected chi connectivity index (χ2v) is 6.07. The molecule has 6 nitrogen and oxygen atoms in total.